The molecule has 136 valence electrons. The Bertz CT molecular complexity index is 892. The van der Waals surface area contributed by atoms with E-state index in [1.165, 1.54) is 12.1 Å². The maximum absolute atomic E-state index is 14.1. The van der Waals surface area contributed by atoms with Crippen LogP contribution >= 0.6 is 11.6 Å². The van der Waals surface area contributed by atoms with Crippen LogP contribution < -0.4 is 10.6 Å². The van der Waals surface area contributed by atoms with Gasteiger partial charge in [-0.25, -0.2) is 13.8 Å². The Morgan fingerprint density at radius 2 is 2.00 bits per heavy atom. The third-order valence-electron chi connectivity index (χ3n) is 4.03. The molecule has 1 atom stereocenters. The molecule has 3 rings (SSSR count). The van der Waals surface area contributed by atoms with Gasteiger partial charge >= 0.3 is 0 Å². The van der Waals surface area contributed by atoms with Crippen LogP contribution in [0.1, 0.15) is 18.1 Å². The number of ether oxygens (including phenoxy) is 1. The van der Waals surface area contributed by atoms with Gasteiger partial charge in [-0.15, -0.1) is 0 Å². The number of halogens is 3. The van der Waals surface area contributed by atoms with Crippen LogP contribution in [0, 0.1) is 11.6 Å². The van der Waals surface area contributed by atoms with Crippen LogP contribution in [-0.2, 0) is 19.9 Å². The van der Waals surface area contributed by atoms with Gasteiger partial charge in [0.2, 0.25) is 11.5 Å². The van der Waals surface area contributed by atoms with Gasteiger partial charge in [0.05, 0.1) is 16.8 Å². The summed E-state index contributed by atoms with van der Waals surface area (Å²) in [6.07, 6.45) is 0.842. The number of benzene rings is 1. The van der Waals surface area contributed by atoms with Gasteiger partial charge in [-0.2, -0.15) is 0 Å². The number of carbonyl (C=O) groups excluding carboxylic acids is 2. The topological polar surface area (TPSA) is 85.5 Å². The molecule has 0 bridgehead atoms. The summed E-state index contributed by atoms with van der Waals surface area (Å²) in [4.78, 5) is 29.5. The minimum atomic E-state index is -1.86. The smallest absolute Gasteiger partial charge is 0.270 e. The summed E-state index contributed by atoms with van der Waals surface area (Å²) in [5.74, 6) is -2.91. The Balaban J connectivity index is 2.34. The number of carbonyl (C=O) groups is 2. The fourth-order valence-corrected chi connectivity index (χ4v) is 3.32. The largest absolute Gasteiger partial charge is 0.368 e. The molecule has 1 aliphatic rings. The van der Waals surface area contributed by atoms with Gasteiger partial charge in [0, 0.05) is 6.61 Å². The van der Waals surface area contributed by atoms with E-state index in [-0.39, 0.29) is 28.6 Å². The van der Waals surface area contributed by atoms with Crippen molar-refractivity contribution in [3.8, 4) is 0 Å². The molecule has 0 fully saturated rings. The summed E-state index contributed by atoms with van der Waals surface area (Å²) in [7, 11) is 0. The molecule has 0 saturated heterocycles. The molecule has 0 aliphatic carbocycles. The van der Waals surface area contributed by atoms with Gasteiger partial charge in [-0.1, -0.05) is 23.7 Å². The Labute approximate surface area is 152 Å². The molecule has 0 spiro atoms. The van der Waals surface area contributed by atoms with Crippen molar-refractivity contribution in [3.63, 3.8) is 0 Å². The molecule has 0 saturated carbocycles. The highest BCUT2D eigenvalue weighted by Crippen LogP contribution is 2.49. The van der Waals surface area contributed by atoms with Crippen molar-refractivity contribution in [3.05, 3.63) is 58.2 Å². The molecule has 1 aliphatic heterocycles. The average molecular weight is 382 g/mol. The summed E-state index contributed by atoms with van der Waals surface area (Å²) in [6.45, 7) is 1.20. The van der Waals surface area contributed by atoms with E-state index in [0.29, 0.717) is 0 Å². The first-order valence-electron chi connectivity index (χ1n) is 7.67. The molecule has 0 radical (unpaired) electrons. The monoisotopic (exact) mass is 381 g/mol. The summed E-state index contributed by atoms with van der Waals surface area (Å²) >= 11 is 6.14. The standard InChI is InChI=1S/C17H14ClF2N3O3/c1-2-26-17(9-3-5-10(19)6-4-9)13-14(18)11(20)7-22-15(13)23(16(17)25)8-12(21)24/h3-7H,2,8H2,1H3,(H2,21,24)/t17-/m0/s1. The predicted octanol–water partition coefficient (Wildman–Crippen LogP) is 2.13. The molecule has 9 heteroatoms. The minimum Gasteiger partial charge on any atom is -0.368 e. The van der Waals surface area contributed by atoms with Crippen molar-refractivity contribution >= 4 is 29.2 Å². The SMILES string of the molecule is CCO[C@]1(c2ccc(F)cc2)C(=O)N(CC(N)=O)c2ncc(F)c(Cl)c21. The first-order valence-corrected chi connectivity index (χ1v) is 8.05. The van der Waals surface area contributed by atoms with E-state index in [9.17, 15) is 18.4 Å². The molecule has 1 aromatic heterocycles. The summed E-state index contributed by atoms with van der Waals surface area (Å²) in [5, 5.41) is -0.368. The van der Waals surface area contributed by atoms with Crippen LogP contribution in [-0.4, -0.2) is 29.9 Å². The summed E-state index contributed by atoms with van der Waals surface area (Å²) in [6, 6.07) is 4.95. The first kappa shape index (κ1) is 18.2. The summed E-state index contributed by atoms with van der Waals surface area (Å²) < 4.78 is 33.2. The third-order valence-corrected chi connectivity index (χ3v) is 4.40. The number of anilines is 1. The van der Waals surface area contributed by atoms with Crippen LogP contribution in [0.15, 0.2) is 30.5 Å². The lowest BCUT2D eigenvalue weighted by Gasteiger charge is -2.29. The predicted molar refractivity (Wildman–Crippen MR) is 89.6 cm³/mol. The molecule has 1 aromatic carbocycles. The molecular weight excluding hydrogens is 368 g/mol. The van der Waals surface area contributed by atoms with Crippen LogP contribution in [0.4, 0.5) is 14.6 Å². The van der Waals surface area contributed by atoms with Crippen molar-refractivity contribution in [2.24, 2.45) is 5.73 Å². The number of primary amides is 1. The van der Waals surface area contributed by atoms with Crippen LogP contribution in [0.2, 0.25) is 5.02 Å². The number of nitrogens with zero attached hydrogens (tertiary/aromatic N) is 2. The highest BCUT2D eigenvalue weighted by Gasteiger charge is 2.56. The molecular formula is C17H14ClF2N3O3. The lowest BCUT2D eigenvalue weighted by molar-refractivity contribution is -0.138. The number of nitrogens with two attached hydrogens (primary N) is 1. The summed E-state index contributed by atoms with van der Waals surface area (Å²) in [5.41, 5.74) is 3.55. The second-order valence-electron chi connectivity index (χ2n) is 5.60. The molecule has 2 N–H and O–H groups in total. The minimum absolute atomic E-state index is 0.0297. The van der Waals surface area contributed by atoms with Gasteiger partial charge in [0.1, 0.15) is 18.2 Å². The van der Waals surface area contributed by atoms with E-state index in [0.717, 1.165) is 23.2 Å². The Morgan fingerprint density at radius 1 is 1.35 bits per heavy atom. The highest BCUT2D eigenvalue weighted by molar-refractivity contribution is 6.33. The maximum Gasteiger partial charge on any atom is 0.270 e. The van der Waals surface area contributed by atoms with E-state index < -0.39 is 35.6 Å². The van der Waals surface area contributed by atoms with Crippen LogP contribution in [0.25, 0.3) is 0 Å². The van der Waals surface area contributed by atoms with Gasteiger partial charge in [0.25, 0.3) is 5.91 Å². The van der Waals surface area contributed by atoms with Gasteiger partial charge in [-0.3, -0.25) is 14.5 Å². The quantitative estimate of drug-likeness (QED) is 0.859. The van der Waals surface area contributed by atoms with Crippen molar-refractivity contribution < 1.29 is 23.1 Å². The van der Waals surface area contributed by atoms with E-state index >= 15 is 0 Å². The number of aromatic nitrogens is 1. The zero-order chi connectivity index (χ0) is 19.1. The fraction of sp³-hybridized carbons (Fsp3) is 0.235. The van der Waals surface area contributed by atoms with E-state index in [4.69, 9.17) is 22.1 Å². The Hall–Kier alpha value is -2.58. The van der Waals surface area contributed by atoms with Crippen LogP contribution in [0.3, 0.4) is 0 Å². The number of hydrogen-bond donors (Lipinski definition) is 1. The zero-order valence-electron chi connectivity index (χ0n) is 13.6. The van der Waals surface area contributed by atoms with Crippen molar-refractivity contribution in [1.29, 1.82) is 0 Å². The van der Waals surface area contributed by atoms with Gasteiger partial charge < -0.3 is 10.5 Å². The lowest BCUT2D eigenvalue weighted by Crippen LogP contribution is -2.46. The molecule has 0 unspecified atom stereocenters. The average Bonchev–Trinajstić information content (AvgIpc) is 2.82. The van der Waals surface area contributed by atoms with E-state index in [2.05, 4.69) is 4.98 Å². The maximum atomic E-state index is 14.1. The Kier molecular flexibility index (Phi) is 4.64. The molecule has 6 nitrogen and oxygen atoms in total. The zero-order valence-corrected chi connectivity index (χ0v) is 14.4. The van der Waals surface area contributed by atoms with Crippen molar-refractivity contribution in [2.75, 3.05) is 18.1 Å². The number of amides is 2. The number of hydrogen-bond acceptors (Lipinski definition) is 4. The van der Waals surface area contributed by atoms with Crippen LogP contribution in [0.5, 0.6) is 0 Å². The second kappa shape index (κ2) is 6.62. The molecule has 26 heavy (non-hydrogen) atoms. The molecule has 2 amide bonds. The highest BCUT2D eigenvalue weighted by atomic mass is 35.5. The van der Waals surface area contributed by atoms with Crippen molar-refractivity contribution in [2.45, 2.75) is 12.5 Å². The second-order valence-corrected chi connectivity index (χ2v) is 5.98. The van der Waals surface area contributed by atoms with Gasteiger partial charge in [-0.05, 0) is 24.6 Å². The normalized spacial score (nSPS) is 18.9. The van der Waals surface area contributed by atoms with E-state index in [1.54, 1.807) is 6.92 Å². The number of rotatable bonds is 5. The number of fused-ring (bicyclic) bond motifs is 1. The number of pyridine rings is 1. The fourth-order valence-electron chi connectivity index (χ4n) is 3.06. The Morgan fingerprint density at radius 3 is 2.58 bits per heavy atom. The molecule has 2 heterocycles. The van der Waals surface area contributed by atoms with Gasteiger partial charge in [0.15, 0.2) is 5.82 Å². The van der Waals surface area contributed by atoms with Crippen molar-refractivity contribution in [1.82, 2.24) is 4.98 Å². The third kappa shape index (κ3) is 2.62. The molecule has 2 aromatic rings. The van der Waals surface area contributed by atoms with E-state index in [1.807, 2.05) is 0 Å². The first-order chi connectivity index (χ1) is 12.3. The lowest BCUT2D eigenvalue weighted by atomic mass is 9.87.